The number of nitrogens with zero attached hydrogens (tertiary/aromatic N) is 1. The van der Waals surface area contributed by atoms with E-state index >= 15 is 0 Å². The molecule has 0 saturated carbocycles. The second-order valence-corrected chi connectivity index (χ2v) is 8.01. The molecule has 0 aromatic carbocycles. The quantitative estimate of drug-likeness (QED) is 0.815. The van der Waals surface area contributed by atoms with Gasteiger partial charge in [-0.25, -0.2) is 8.42 Å². The fourth-order valence-electron chi connectivity index (χ4n) is 2.37. The zero-order chi connectivity index (χ0) is 15.3. The Morgan fingerprint density at radius 2 is 2.05 bits per heavy atom. The third kappa shape index (κ3) is 3.84. The van der Waals surface area contributed by atoms with E-state index in [2.05, 4.69) is 5.32 Å². The lowest BCUT2D eigenvalue weighted by molar-refractivity contribution is 0.0954. The van der Waals surface area contributed by atoms with Crippen LogP contribution in [0.2, 0.25) is 0 Å². The van der Waals surface area contributed by atoms with Crippen molar-refractivity contribution in [2.75, 3.05) is 19.6 Å². The molecule has 0 atom stereocenters. The summed E-state index contributed by atoms with van der Waals surface area (Å²) in [7, 11) is -3.54. The van der Waals surface area contributed by atoms with Gasteiger partial charge in [0.2, 0.25) is 10.0 Å². The van der Waals surface area contributed by atoms with E-state index < -0.39 is 10.0 Å². The zero-order valence-corrected chi connectivity index (χ0v) is 13.9. The van der Waals surface area contributed by atoms with Gasteiger partial charge >= 0.3 is 0 Å². The molecule has 1 saturated heterocycles. The average Bonchev–Trinajstić information content (AvgIpc) is 2.98. The van der Waals surface area contributed by atoms with E-state index in [0.717, 1.165) is 32.1 Å². The summed E-state index contributed by atoms with van der Waals surface area (Å²) in [6.45, 7) is 3.73. The van der Waals surface area contributed by atoms with Crippen molar-refractivity contribution >= 4 is 27.3 Å². The first-order valence-corrected chi connectivity index (χ1v) is 9.75. The Hall–Kier alpha value is -0.920. The fourth-order valence-corrected chi connectivity index (χ4v) is 5.20. The summed E-state index contributed by atoms with van der Waals surface area (Å²) in [5.74, 6) is -0.283. The summed E-state index contributed by atoms with van der Waals surface area (Å²) in [5.41, 5.74) is 0. The number of carbonyl (C=O) groups excluding carboxylic acids is 1. The van der Waals surface area contributed by atoms with Crippen molar-refractivity contribution in [2.24, 2.45) is 0 Å². The molecule has 1 N–H and O–H groups in total. The Kier molecular flexibility index (Phi) is 5.78. The third-order valence-electron chi connectivity index (χ3n) is 3.58. The Morgan fingerprint density at radius 3 is 2.71 bits per heavy atom. The van der Waals surface area contributed by atoms with Crippen LogP contribution >= 0.6 is 11.3 Å². The number of thiophene rings is 1. The summed E-state index contributed by atoms with van der Waals surface area (Å²) in [6.07, 6.45) is 4.73. The normalized spacial score (nSPS) is 16.8. The Bertz CT molecular complexity index is 575. The minimum absolute atomic E-state index is 0.156. The maximum atomic E-state index is 12.7. The smallest absolute Gasteiger partial charge is 0.262 e. The molecule has 0 spiro atoms. The van der Waals surface area contributed by atoms with Crippen molar-refractivity contribution in [1.82, 2.24) is 9.62 Å². The first kappa shape index (κ1) is 16.5. The van der Waals surface area contributed by atoms with Crippen molar-refractivity contribution in [3.8, 4) is 0 Å². The van der Waals surface area contributed by atoms with E-state index in [1.807, 2.05) is 6.92 Å². The molecule has 1 aliphatic rings. The van der Waals surface area contributed by atoms with Crippen LogP contribution in [-0.2, 0) is 10.0 Å². The van der Waals surface area contributed by atoms with Crippen LogP contribution in [0.5, 0.6) is 0 Å². The molecule has 5 nitrogen and oxygen atoms in total. The lowest BCUT2D eigenvalue weighted by Crippen LogP contribution is -2.36. The highest BCUT2D eigenvalue weighted by Gasteiger charge is 2.30. The first-order chi connectivity index (χ1) is 10.1. The van der Waals surface area contributed by atoms with E-state index in [1.54, 1.807) is 11.4 Å². The predicted molar refractivity (Wildman–Crippen MR) is 84.2 cm³/mol. The van der Waals surface area contributed by atoms with Gasteiger partial charge in [0.05, 0.1) is 0 Å². The van der Waals surface area contributed by atoms with Crippen molar-refractivity contribution in [1.29, 1.82) is 0 Å². The van der Waals surface area contributed by atoms with Gasteiger partial charge in [0, 0.05) is 19.6 Å². The molecule has 1 aliphatic heterocycles. The van der Waals surface area contributed by atoms with E-state index in [-0.39, 0.29) is 10.8 Å². The molecular formula is C14H22N2O3S2. The third-order valence-corrected chi connectivity index (χ3v) is 6.57. The van der Waals surface area contributed by atoms with Crippen molar-refractivity contribution in [3.05, 3.63) is 16.3 Å². The maximum absolute atomic E-state index is 12.7. The number of piperidine rings is 1. The molecule has 0 radical (unpaired) electrons. The van der Waals surface area contributed by atoms with Gasteiger partial charge in [0.1, 0.15) is 9.77 Å². The highest BCUT2D eigenvalue weighted by Crippen LogP contribution is 2.27. The minimum atomic E-state index is -3.54. The number of hydrogen-bond acceptors (Lipinski definition) is 4. The molecule has 1 amide bonds. The van der Waals surface area contributed by atoms with Crippen molar-refractivity contribution < 1.29 is 13.2 Å². The van der Waals surface area contributed by atoms with E-state index in [9.17, 15) is 13.2 Å². The molecule has 0 bridgehead atoms. The van der Waals surface area contributed by atoms with Crippen LogP contribution in [0, 0.1) is 0 Å². The highest BCUT2D eigenvalue weighted by atomic mass is 32.2. The topological polar surface area (TPSA) is 66.5 Å². The monoisotopic (exact) mass is 330 g/mol. The molecule has 0 aliphatic carbocycles. The number of rotatable bonds is 6. The molecule has 21 heavy (non-hydrogen) atoms. The standard InChI is InChI=1S/C14H22N2O3S2/c1-2-3-8-15-14(17)13-12(7-11-20-13)21(18,19)16-9-5-4-6-10-16/h7,11H,2-6,8-10H2,1H3,(H,15,17). The summed E-state index contributed by atoms with van der Waals surface area (Å²) in [4.78, 5) is 12.6. The summed E-state index contributed by atoms with van der Waals surface area (Å²) >= 11 is 1.19. The molecule has 118 valence electrons. The maximum Gasteiger partial charge on any atom is 0.262 e. The summed E-state index contributed by atoms with van der Waals surface area (Å²) in [6, 6.07) is 1.54. The Morgan fingerprint density at radius 1 is 1.33 bits per heavy atom. The lowest BCUT2D eigenvalue weighted by atomic mass is 10.2. The van der Waals surface area contributed by atoms with Gasteiger partial charge in [-0.1, -0.05) is 19.8 Å². The van der Waals surface area contributed by atoms with Crippen molar-refractivity contribution in [2.45, 2.75) is 43.9 Å². The molecule has 2 heterocycles. The number of unbranched alkanes of at least 4 members (excludes halogenated alkanes) is 1. The second-order valence-electron chi connectivity index (χ2n) is 5.19. The van der Waals surface area contributed by atoms with Crippen LogP contribution in [0.3, 0.4) is 0 Å². The largest absolute Gasteiger partial charge is 0.351 e. The molecule has 2 rings (SSSR count). The molecular weight excluding hydrogens is 308 g/mol. The van der Waals surface area contributed by atoms with Gasteiger partial charge in [-0.05, 0) is 30.7 Å². The fraction of sp³-hybridized carbons (Fsp3) is 0.643. The average molecular weight is 330 g/mol. The number of carbonyl (C=O) groups is 1. The van der Waals surface area contributed by atoms with E-state index in [0.29, 0.717) is 24.5 Å². The summed E-state index contributed by atoms with van der Waals surface area (Å²) in [5, 5.41) is 4.46. The molecule has 0 unspecified atom stereocenters. The Balaban J connectivity index is 2.16. The van der Waals surface area contributed by atoms with Crippen LogP contribution in [0.1, 0.15) is 48.7 Å². The van der Waals surface area contributed by atoms with Crippen molar-refractivity contribution in [3.63, 3.8) is 0 Å². The number of sulfonamides is 1. The lowest BCUT2D eigenvalue weighted by Gasteiger charge is -2.25. The number of amides is 1. The first-order valence-electron chi connectivity index (χ1n) is 7.43. The number of nitrogens with one attached hydrogen (secondary N) is 1. The molecule has 1 aromatic heterocycles. The van der Waals surface area contributed by atoms with E-state index in [1.165, 1.54) is 15.6 Å². The van der Waals surface area contributed by atoms with Crippen LogP contribution in [0.4, 0.5) is 0 Å². The number of hydrogen-bond donors (Lipinski definition) is 1. The van der Waals surface area contributed by atoms with Gasteiger partial charge in [-0.15, -0.1) is 11.3 Å². The molecule has 1 fully saturated rings. The molecule has 1 aromatic rings. The van der Waals surface area contributed by atoms with Gasteiger partial charge in [-0.3, -0.25) is 4.79 Å². The van der Waals surface area contributed by atoms with E-state index in [4.69, 9.17) is 0 Å². The Labute approximate surface area is 130 Å². The van der Waals surface area contributed by atoms with Gasteiger partial charge in [-0.2, -0.15) is 4.31 Å². The van der Waals surface area contributed by atoms with Crippen LogP contribution in [0.25, 0.3) is 0 Å². The minimum Gasteiger partial charge on any atom is -0.351 e. The van der Waals surface area contributed by atoms with Gasteiger partial charge < -0.3 is 5.32 Å². The van der Waals surface area contributed by atoms with Crippen LogP contribution in [-0.4, -0.2) is 38.3 Å². The SMILES string of the molecule is CCCCNC(=O)c1sccc1S(=O)(=O)N1CCCCC1. The predicted octanol–water partition coefficient (Wildman–Crippen LogP) is 2.45. The zero-order valence-electron chi connectivity index (χ0n) is 12.3. The second kappa shape index (κ2) is 7.38. The van der Waals surface area contributed by atoms with Gasteiger partial charge in [0.15, 0.2) is 0 Å². The molecule has 7 heteroatoms. The van der Waals surface area contributed by atoms with Crippen LogP contribution < -0.4 is 5.32 Å². The van der Waals surface area contributed by atoms with Crippen LogP contribution in [0.15, 0.2) is 16.3 Å². The summed E-state index contributed by atoms with van der Waals surface area (Å²) < 4.78 is 26.8. The highest BCUT2D eigenvalue weighted by molar-refractivity contribution is 7.89. The van der Waals surface area contributed by atoms with Gasteiger partial charge in [0.25, 0.3) is 5.91 Å².